The number of nitrogens with zero attached hydrogens (tertiary/aromatic N) is 1. The Labute approximate surface area is 85.4 Å². The minimum atomic E-state index is -0.196. The summed E-state index contributed by atoms with van der Waals surface area (Å²) in [6, 6.07) is 0.289. The van der Waals surface area contributed by atoms with Gasteiger partial charge in [0, 0.05) is 12.6 Å². The molecule has 82 valence electrons. The van der Waals surface area contributed by atoms with E-state index in [0.29, 0.717) is 19.1 Å². The third-order valence-corrected chi connectivity index (χ3v) is 2.82. The van der Waals surface area contributed by atoms with Crippen LogP contribution < -0.4 is 5.73 Å². The lowest BCUT2D eigenvalue weighted by molar-refractivity contribution is 0.0679. The standard InChI is InChI=1S/C10H20N2O2/c1-3-14-10(13)12-7-9(6-11)5-4-8(12)2/h8-9H,3-7,11H2,1-2H3. The molecule has 1 aliphatic heterocycles. The van der Waals surface area contributed by atoms with E-state index in [1.807, 2.05) is 6.92 Å². The number of ether oxygens (including phenoxy) is 1. The zero-order chi connectivity index (χ0) is 10.6. The van der Waals surface area contributed by atoms with Gasteiger partial charge in [0.05, 0.1) is 6.61 Å². The molecule has 14 heavy (non-hydrogen) atoms. The summed E-state index contributed by atoms with van der Waals surface area (Å²) in [5.41, 5.74) is 5.61. The summed E-state index contributed by atoms with van der Waals surface area (Å²) in [4.78, 5) is 13.3. The van der Waals surface area contributed by atoms with E-state index >= 15 is 0 Å². The van der Waals surface area contributed by atoms with E-state index in [1.54, 1.807) is 4.90 Å². The summed E-state index contributed by atoms with van der Waals surface area (Å²) in [7, 11) is 0. The molecule has 1 fully saturated rings. The van der Waals surface area contributed by atoms with Gasteiger partial charge in [-0.2, -0.15) is 0 Å². The lowest BCUT2D eigenvalue weighted by Gasteiger charge is -2.36. The third-order valence-electron chi connectivity index (χ3n) is 2.82. The molecule has 2 unspecified atom stereocenters. The smallest absolute Gasteiger partial charge is 0.409 e. The summed E-state index contributed by atoms with van der Waals surface area (Å²) in [6.07, 6.45) is 1.95. The van der Waals surface area contributed by atoms with Crippen molar-refractivity contribution in [2.75, 3.05) is 19.7 Å². The Hall–Kier alpha value is -0.770. The quantitative estimate of drug-likeness (QED) is 0.728. The van der Waals surface area contributed by atoms with Crippen LogP contribution in [0.5, 0.6) is 0 Å². The van der Waals surface area contributed by atoms with E-state index < -0.39 is 0 Å². The highest BCUT2D eigenvalue weighted by atomic mass is 16.6. The molecule has 1 saturated heterocycles. The van der Waals surface area contributed by atoms with Crippen molar-refractivity contribution in [3.05, 3.63) is 0 Å². The second kappa shape index (κ2) is 5.20. The molecule has 0 aliphatic carbocycles. The van der Waals surface area contributed by atoms with Crippen LogP contribution in [-0.2, 0) is 4.74 Å². The number of hydrogen-bond acceptors (Lipinski definition) is 3. The van der Waals surface area contributed by atoms with Gasteiger partial charge in [0.1, 0.15) is 0 Å². The van der Waals surface area contributed by atoms with E-state index in [0.717, 1.165) is 19.4 Å². The lowest BCUT2D eigenvalue weighted by Crippen LogP contribution is -2.47. The van der Waals surface area contributed by atoms with Crippen LogP contribution in [0, 0.1) is 5.92 Å². The summed E-state index contributed by atoms with van der Waals surface area (Å²) in [5, 5.41) is 0. The number of carbonyl (C=O) groups excluding carboxylic acids is 1. The van der Waals surface area contributed by atoms with Crippen molar-refractivity contribution < 1.29 is 9.53 Å². The van der Waals surface area contributed by atoms with Gasteiger partial charge in [-0.1, -0.05) is 0 Å². The van der Waals surface area contributed by atoms with Crippen molar-refractivity contribution in [2.24, 2.45) is 11.7 Å². The summed E-state index contributed by atoms with van der Waals surface area (Å²) >= 11 is 0. The van der Waals surface area contributed by atoms with Crippen LogP contribution in [0.1, 0.15) is 26.7 Å². The van der Waals surface area contributed by atoms with Crippen LogP contribution in [0.15, 0.2) is 0 Å². The van der Waals surface area contributed by atoms with Crippen molar-refractivity contribution >= 4 is 6.09 Å². The summed E-state index contributed by atoms with van der Waals surface area (Å²) in [6.45, 7) is 5.73. The zero-order valence-electron chi connectivity index (χ0n) is 9.03. The molecular weight excluding hydrogens is 180 g/mol. The van der Waals surface area contributed by atoms with Crippen LogP contribution in [0.25, 0.3) is 0 Å². The Balaban J connectivity index is 2.51. The van der Waals surface area contributed by atoms with E-state index in [4.69, 9.17) is 10.5 Å². The molecule has 4 heteroatoms. The van der Waals surface area contributed by atoms with Gasteiger partial charge in [0.15, 0.2) is 0 Å². The van der Waals surface area contributed by atoms with Gasteiger partial charge in [-0.05, 0) is 39.2 Å². The monoisotopic (exact) mass is 200 g/mol. The molecule has 1 amide bonds. The van der Waals surface area contributed by atoms with Gasteiger partial charge in [-0.25, -0.2) is 4.79 Å². The molecule has 2 atom stereocenters. The van der Waals surface area contributed by atoms with Gasteiger partial charge < -0.3 is 15.4 Å². The minimum absolute atomic E-state index is 0.196. The number of hydrogen-bond donors (Lipinski definition) is 1. The number of likely N-dealkylation sites (tertiary alicyclic amines) is 1. The second-order valence-electron chi connectivity index (χ2n) is 3.88. The fourth-order valence-corrected chi connectivity index (χ4v) is 1.84. The van der Waals surface area contributed by atoms with Crippen molar-refractivity contribution in [1.29, 1.82) is 0 Å². The first kappa shape index (κ1) is 11.3. The predicted molar refractivity (Wildman–Crippen MR) is 55.0 cm³/mol. The number of nitrogens with two attached hydrogens (primary N) is 1. The number of amides is 1. The van der Waals surface area contributed by atoms with Crippen molar-refractivity contribution in [3.63, 3.8) is 0 Å². The first-order chi connectivity index (χ1) is 6.69. The molecule has 1 rings (SSSR count). The first-order valence-corrected chi connectivity index (χ1v) is 5.32. The number of rotatable bonds is 2. The third kappa shape index (κ3) is 2.61. The molecule has 0 aromatic carbocycles. The molecule has 2 N–H and O–H groups in total. The van der Waals surface area contributed by atoms with Crippen LogP contribution in [-0.4, -0.2) is 36.7 Å². The van der Waals surface area contributed by atoms with Crippen molar-refractivity contribution in [1.82, 2.24) is 4.90 Å². The van der Waals surface area contributed by atoms with Crippen molar-refractivity contribution in [3.8, 4) is 0 Å². The van der Waals surface area contributed by atoms with Gasteiger partial charge in [-0.15, -0.1) is 0 Å². The molecule has 1 heterocycles. The van der Waals surface area contributed by atoms with E-state index in [1.165, 1.54) is 0 Å². The maximum absolute atomic E-state index is 11.5. The van der Waals surface area contributed by atoms with Gasteiger partial charge >= 0.3 is 6.09 Å². The molecular formula is C10H20N2O2. The molecule has 0 spiro atoms. The first-order valence-electron chi connectivity index (χ1n) is 5.32. The second-order valence-corrected chi connectivity index (χ2v) is 3.88. The molecule has 0 saturated carbocycles. The van der Waals surface area contributed by atoms with E-state index in [2.05, 4.69) is 6.92 Å². The van der Waals surface area contributed by atoms with Gasteiger partial charge in [0.25, 0.3) is 0 Å². The number of piperidine rings is 1. The van der Waals surface area contributed by atoms with Crippen LogP contribution in [0.3, 0.4) is 0 Å². The van der Waals surface area contributed by atoms with Crippen molar-refractivity contribution in [2.45, 2.75) is 32.7 Å². The van der Waals surface area contributed by atoms with E-state index in [9.17, 15) is 4.79 Å². The lowest BCUT2D eigenvalue weighted by atomic mass is 9.94. The van der Waals surface area contributed by atoms with E-state index in [-0.39, 0.29) is 12.1 Å². The number of carbonyl (C=O) groups is 1. The Morgan fingerprint density at radius 1 is 1.57 bits per heavy atom. The highest BCUT2D eigenvalue weighted by molar-refractivity contribution is 5.68. The fraction of sp³-hybridized carbons (Fsp3) is 0.900. The topological polar surface area (TPSA) is 55.6 Å². The highest BCUT2D eigenvalue weighted by Crippen LogP contribution is 2.21. The molecule has 0 aromatic heterocycles. The van der Waals surface area contributed by atoms with Gasteiger partial charge in [0.2, 0.25) is 0 Å². The Bertz CT molecular complexity index is 197. The fourth-order valence-electron chi connectivity index (χ4n) is 1.84. The van der Waals surface area contributed by atoms with Crippen LogP contribution >= 0.6 is 0 Å². The Morgan fingerprint density at radius 3 is 2.86 bits per heavy atom. The normalized spacial score (nSPS) is 27.5. The largest absolute Gasteiger partial charge is 0.450 e. The Morgan fingerprint density at radius 2 is 2.29 bits per heavy atom. The molecule has 0 radical (unpaired) electrons. The molecule has 4 nitrogen and oxygen atoms in total. The maximum Gasteiger partial charge on any atom is 0.409 e. The highest BCUT2D eigenvalue weighted by Gasteiger charge is 2.28. The summed E-state index contributed by atoms with van der Waals surface area (Å²) in [5.74, 6) is 0.440. The zero-order valence-corrected chi connectivity index (χ0v) is 9.03. The summed E-state index contributed by atoms with van der Waals surface area (Å²) < 4.78 is 4.99. The molecule has 0 aromatic rings. The van der Waals surface area contributed by atoms with Gasteiger partial charge in [-0.3, -0.25) is 0 Å². The maximum atomic E-state index is 11.5. The Kier molecular flexibility index (Phi) is 4.20. The SMILES string of the molecule is CCOC(=O)N1CC(CN)CCC1C. The molecule has 0 bridgehead atoms. The average Bonchev–Trinajstić information content (AvgIpc) is 2.19. The minimum Gasteiger partial charge on any atom is -0.450 e. The van der Waals surface area contributed by atoms with Crippen LogP contribution in [0.2, 0.25) is 0 Å². The predicted octanol–water partition coefficient (Wildman–Crippen LogP) is 1.20. The molecule has 1 aliphatic rings. The average molecular weight is 200 g/mol. The van der Waals surface area contributed by atoms with Crippen LogP contribution in [0.4, 0.5) is 4.79 Å².